The molecule has 0 unspecified atom stereocenters. The molecule has 1 aliphatic rings. The van der Waals surface area contributed by atoms with Gasteiger partial charge in [-0.25, -0.2) is 0 Å². The Morgan fingerprint density at radius 2 is 2.36 bits per heavy atom. The lowest BCUT2D eigenvalue weighted by Gasteiger charge is -2.36. The highest BCUT2D eigenvalue weighted by Gasteiger charge is 2.22. The number of thiophene rings is 1. The quantitative estimate of drug-likeness (QED) is 0.910. The summed E-state index contributed by atoms with van der Waals surface area (Å²) in [5, 5.41) is 3.55. The summed E-state index contributed by atoms with van der Waals surface area (Å²) in [6.45, 7) is 5.53. The minimum absolute atomic E-state index is 0.696. The Labute approximate surface area is 97.4 Å². The van der Waals surface area contributed by atoms with Crippen molar-refractivity contribution in [3.05, 3.63) is 20.3 Å². The molecule has 1 saturated heterocycles. The molecule has 4 heteroatoms. The van der Waals surface area contributed by atoms with Gasteiger partial charge in [-0.2, -0.15) is 0 Å². The van der Waals surface area contributed by atoms with Gasteiger partial charge in [-0.05, 0) is 36.0 Å². The molecule has 1 fully saturated rings. The summed E-state index contributed by atoms with van der Waals surface area (Å²) in [5.41, 5.74) is 0. The first kappa shape index (κ1) is 10.6. The predicted molar refractivity (Wildman–Crippen MR) is 64.9 cm³/mol. The fourth-order valence-electron chi connectivity index (χ4n) is 1.68. The minimum Gasteiger partial charge on any atom is -0.307 e. The van der Waals surface area contributed by atoms with Crippen LogP contribution in [-0.2, 0) is 6.54 Å². The molecule has 1 N–H and O–H groups in total. The lowest BCUT2D eigenvalue weighted by atomic mass is 10.1. The van der Waals surface area contributed by atoms with Crippen molar-refractivity contribution < 1.29 is 0 Å². The predicted octanol–water partition coefficient (Wildman–Crippen LogP) is 2.22. The number of rotatable bonds is 3. The van der Waals surface area contributed by atoms with Gasteiger partial charge in [-0.15, -0.1) is 11.3 Å². The Hall–Kier alpha value is 0.100. The topological polar surface area (TPSA) is 15.3 Å². The molecule has 1 aromatic heterocycles. The molecule has 2 nitrogen and oxygen atoms in total. The molecule has 0 bridgehead atoms. The van der Waals surface area contributed by atoms with Crippen LogP contribution >= 0.6 is 27.3 Å². The van der Waals surface area contributed by atoms with Crippen LogP contribution in [0.1, 0.15) is 9.75 Å². The largest absolute Gasteiger partial charge is 0.307 e. The van der Waals surface area contributed by atoms with Crippen LogP contribution in [0.3, 0.4) is 0 Å². The van der Waals surface area contributed by atoms with Crippen molar-refractivity contribution in [2.45, 2.75) is 19.5 Å². The number of aryl methyl sites for hydroxylation is 1. The molecule has 78 valence electrons. The van der Waals surface area contributed by atoms with Crippen molar-refractivity contribution in [3.63, 3.8) is 0 Å². The monoisotopic (exact) mass is 274 g/mol. The van der Waals surface area contributed by atoms with Crippen molar-refractivity contribution in [2.75, 3.05) is 20.1 Å². The highest BCUT2D eigenvalue weighted by Crippen LogP contribution is 2.26. The van der Waals surface area contributed by atoms with Crippen LogP contribution in [0.2, 0.25) is 0 Å². The third kappa shape index (κ3) is 2.37. The Balaban J connectivity index is 1.80. The van der Waals surface area contributed by atoms with Crippen molar-refractivity contribution >= 4 is 27.3 Å². The van der Waals surface area contributed by atoms with E-state index >= 15 is 0 Å². The molecule has 1 aliphatic heterocycles. The summed E-state index contributed by atoms with van der Waals surface area (Å²) in [6, 6.07) is 2.91. The number of hydrogen-bond donors (Lipinski definition) is 1. The van der Waals surface area contributed by atoms with Gasteiger partial charge in [0.1, 0.15) is 0 Å². The molecule has 1 aromatic rings. The normalized spacial score (nSPS) is 18.5. The number of nitrogens with zero attached hydrogens (tertiary/aromatic N) is 1. The van der Waals surface area contributed by atoms with E-state index in [9.17, 15) is 0 Å². The SMILES string of the molecule is Cc1sc(CNC2CN(C)C2)cc1Br. The van der Waals surface area contributed by atoms with Crippen LogP contribution in [0, 0.1) is 6.92 Å². The second kappa shape index (κ2) is 4.31. The number of likely N-dealkylation sites (tertiary alicyclic amines) is 1. The second-order valence-electron chi connectivity index (χ2n) is 3.92. The first-order valence-electron chi connectivity index (χ1n) is 4.82. The van der Waals surface area contributed by atoms with Crippen LogP contribution in [0.15, 0.2) is 10.5 Å². The molecular weight excluding hydrogens is 260 g/mol. The highest BCUT2D eigenvalue weighted by atomic mass is 79.9. The van der Waals surface area contributed by atoms with Gasteiger partial charge in [0.2, 0.25) is 0 Å². The fourth-order valence-corrected chi connectivity index (χ4v) is 3.23. The summed E-state index contributed by atoms with van der Waals surface area (Å²) in [7, 11) is 2.16. The molecule has 0 aliphatic carbocycles. The van der Waals surface area contributed by atoms with Crippen LogP contribution in [0.25, 0.3) is 0 Å². The van der Waals surface area contributed by atoms with Gasteiger partial charge in [0.15, 0.2) is 0 Å². The third-order valence-corrected chi connectivity index (χ3v) is 4.67. The summed E-state index contributed by atoms with van der Waals surface area (Å²) in [6.07, 6.45) is 0. The summed E-state index contributed by atoms with van der Waals surface area (Å²) in [5.74, 6) is 0. The average Bonchev–Trinajstić information content (AvgIpc) is 2.39. The summed E-state index contributed by atoms with van der Waals surface area (Å²) in [4.78, 5) is 5.12. The highest BCUT2D eigenvalue weighted by molar-refractivity contribution is 9.10. The van der Waals surface area contributed by atoms with Crippen molar-refractivity contribution in [2.24, 2.45) is 0 Å². The fraction of sp³-hybridized carbons (Fsp3) is 0.600. The standard InChI is InChI=1S/C10H15BrN2S/c1-7-10(11)3-9(14-7)4-12-8-5-13(2)6-8/h3,8,12H,4-6H2,1-2H3. The van der Waals surface area contributed by atoms with Gasteiger partial charge in [0.05, 0.1) is 0 Å². The van der Waals surface area contributed by atoms with E-state index in [0.29, 0.717) is 6.04 Å². The zero-order chi connectivity index (χ0) is 10.1. The average molecular weight is 275 g/mol. The smallest absolute Gasteiger partial charge is 0.0325 e. The molecule has 2 rings (SSSR count). The van der Waals surface area contributed by atoms with Crippen molar-refractivity contribution in [3.8, 4) is 0 Å². The molecule has 0 spiro atoms. The maximum atomic E-state index is 3.55. The van der Waals surface area contributed by atoms with Crippen LogP contribution in [0.4, 0.5) is 0 Å². The molecule has 14 heavy (non-hydrogen) atoms. The first-order chi connectivity index (χ1) is 6.65. The number of hydrogen-bond acceptors (Lipinski definition) is 3. The van der Waals surface area contributed by atoms with Gasteiger partial charge in [0.25, 0.3) is 0 Å². The van der Waals surface area contributed by atoms with E-state index in [4.69, 9.17) is 0 Å². The van der Waals surface area contributed by atoms with Crippen LogP contribution < -0.4 is 5.32 Å². The van der Waals surface area contributed by atoms with E-state index in [1.807, 2.05) is 11.3 Å². The van der Waals surface area contributed by atoms with E-state index in [2.05, 4.69) is 46.2 Å². The Bertz CT molecular complexity index is 298. The first-order valence-corrected chi connectivity index (χ1v) is 6.43. The van der Waals surface area contributed by atoms with Gasteiger partial charge in [0, 0.05) is 39.9 Å². The molecule has 0 atom stereocenters. The molecule has 0 aromatic carbocycles. The van der Waals surface area contributed by atoms with Gasteiger partial charge in [-0.1, -0.05) is 0 Å². The number of halogens is 1. The number of nitrogens with one attached hydrogen (secondary N) is 1. The third-order valence-electron chi connectivity index (χ3n) is 2.54. The van der Waals surface area contributed by atoms with E-state index in [1.165, 1.54) is 27.3 Å². The van der Waals surface area contributed by atoms with Gasteiger partial charge in [-0.3, -0.25) is 0 Å². The van der Waals surface area contributed by atoms with Gasteiger partial charge < -0.3 is 10.2 Å². The van der Waals surface area contributed by atoms with Gasteiger partial charge >= 0.3 is 0 Å². The van der Waals surface area contributed by atoms with Crippen molar-refractivity contribution in [1.82, 2.24) is 10.2 Å². The minimum atomic E-state index is 0.696. The molecular formula is C10H15BrN2S. The van der Waals surface area contributed by atoms with E-state index < -0.39 is 0 Å². The molecule has 0 radical (unpaired) electrons. The zero-order valence-electron chi connectivity index (χ0n) is 8.51. The molecule has 0 amide bonds. The Morgan fingerprint density at radius 3 is 2.86 bits per heavy atom. The van der Waals surface area contributed by atoms with E-state index in [-0.39, 0.29) is 0 Å². The molecule has 0 saturated carbocycles. The lowest BCUT2D eigenvalue weighted by molar-refractivity contribution is 0.161. The zero-order valence-corrected chi connectivity index (χ0v) is 10.9. The molecule has 2 heterocycles. The van der Waals surface area contributed by atoms with E-state index in [0.717, 1.165) is 6.54 Å². The summed E-state index contributed by atoms with van der Waals surface area (Å²) < 4.78 is 1.24. The maximum Gasteiger partial charge on any atom is 0.0325 e. The lowest BCUT2D eigenvalue weighted by Crippen LogP contribution is -2.55. The Morgan fingerprint density at radius 1 is 1.64 bits per heavy atom. The van der Waals surface area contributed by atoms with E-state index in [1.54, 1.807) is 0 Å². The Kier molecular flexibility index (Phi) is 3.27. The summed E-state index contributed by atoms with van der Waals surface area (Å²) >= 11 is 5.41. The van der Waals surface area contributed by atoms with Crippen LogP contribution in [0.5, 0.6) is 0 Å². The van der Waals surface area contributed by atoms with Crippen LogP contribution in [-0.4, -0.2) is 31.1 Å². The van der Waals surface area contributed by atoms with Crippen molar-refractivity contribution in [1.29, 1.82) is 0 Å². The number of likely N-dealkylation sites (N-methyl/N-ethyl adjacent to an activating group) is 1. The second-order valence-corrected chi connectivity index (χ2v) is 6.11. The maximum absolute atomic E-state index is 3.55.